The molecule has 0 spiro atoms. The summed E-state index contributed by atoms with van der Waals surface area (Å²) in [6.45, 7) is 9.91. The summed E-state index contributed by atoms with van der Waals surface area (Å²) in [6, 6.07) is 2.81. The minimum absolute atomic E-state index is 0.0890. The second kappa shape index (κ2) is 10.8. The van der Waals surface area contributed by atoms with E-state index in [1.807, 2.05) is 14.0 Å². The van der Waals surface area contributed by atoms with Crippen molar-refractivity contribution in [3.63, 3.8) is 0 Å². The van der Waals surface area contributed by atoms with Crippen LogP contribution in [0.1, 0.15) is 63.8 Å². The van der Waals surface area contributed by atoms with Gasteiger partial charge in [0.1, 0.15) is 5.75 Å². The third kappa shape index (κ3) is 6.49. The van der Waals surface area contributed by atoms with E-state index < -0.39 is 11.7 Å². The van der Waals surface area contributed by atoms with Crippen molar-refractivity contribution in [2.45, 2.75) is 66.1 Å². The predicted molar refractivity (Wildman–Crippen MR) is 115 cm³/mol. The summed E-state index contributed by atoms with van der Waals surface area (Å²) in [4.78, 5) is 2.16. The Morgan fingerprint density at radius 1 is 1.13 bits per heavy atom. The lowest BCUT2D eigenvalue weighted by Gasteiger charge is -2.21. The molecular weight excluding hydrogens is 391 g/mol. The Morgan fingerprint density at radius 3 is 2.47 bits per heavy atom. The molecule has 2 aromatic rings. The number of unbranched alkanes of at least 4 members (excludes halogenated alkanes) is 1. The summed E-state index contributed by atoms with van der Waals surface area (Å²) in [5.41, 5.74) is 2.25. The van der Waals surface area contributed by atoms with Gasteiger partial charge in [-0.15, -0.1) is 0 Å². The molecule has 0 saturated heterocycles. The first-order valence-electron chi connectivity index (χ1n) is 10.7. The molecule has 0 fully saturated rings. The maximum Gasteiger partial charge on any atom is 0.419 e. The Hall–Kier alpha value is -2.02. The standard InChI is InChI=1S/C23H34F3N3O/c1-6-8-9-29(5)15-21-19(14-27-28-21)18-13-20(23(24,25)26)22(30-10-7-2)12-17(18)11-16(3)4/h12-14,16H,6-11,15H2,1-5H3,(H,27,28). The first kappa shape index (κ1) is 24.3. The Labute approximate surface area is 177 Å². The average molecular weight is 426 g/mol. The fourth-order valence-corrected chi connectivity index (χ4v) is 3.48. The van der Waals surface area contributed by atoms with Crippen LogP contribution in [0.25, 0.3) is 11.1 Å². The first-order valence-corrected chi connectivity index (χ1v) is 10.7. The fourth-order valence-electron chi connectivity index (χ4n) is 3.48. The van der Waals surface area contributed by atoms with Crippen molar-refractivity contribution in [3.05, 3.63) is 35.2 Å². The zero-order valence-electron chi connectivity index (χ0n) is 18.7. The van der Waals surface area contributed by atoms with Gasteiger partial charge in [-0.25, -0.2) is 0 Å². The molecule has 1 aromatic heterocycles. The Kier molecular flexibility index (Phi) is 8.77. The number of hydrogen-bond acceptors (Lipinski definition) is 3. The van der Waals surface area contributed by atoms with Crippen molar-refractivity contribution in [1.82, 2.24) is 15.1 Å². The van der Waals surface area contributed by atoms with Crippen LogP contribution in [0.4, 0.5) is 13.2 Å². The summed E-state index contributed by atoms with van der Waals surface area (Å²) in [6.07, 6.45) is 0.610. The minimum Gasteiger partial charge on any atom is -0.493 e. The molecule has 0 aliphatic heterocycles. The van der Waals surface area contributed by atoms with Gasteiger partial charge < -0.3 is 9.64 Å². The van der Waals surface area contributed by atoms with Crippen LogP contribution in [0.5, 0.6) is 5.75 Å². The van der Waals surface area contributed by atoms with Gasteiger partial charge in [-0.3, -0.25) is 5.10 Å². The second-order valence-corrected chi connectivity index (χ2v) is 8.30. The number of nitrogens with zero attached hydrogens (tertiary/aromatic N) is 2. The van der Waals surface area contributed by atoms with E-state index in [4.69, 9.17) is 4.74 Å². The molecule has 0 aliphatic rings. The predicted octanol–water partition coefficient (Wildman–Crippen LogP) is 6.31. The molecule has 7 heteroatoms. The number of aromatic amines is 1. The van der Waals surface area contributed by atoms with Gasteiger partial charge in [-0.1, -0.05) is 34.1 Å². The minimum atomic E-state index is -4.49. The van der Waals surface area contributed by atoms with Gasteiger partial charge in [-0.2, -0.15) is 18.3 Å². The average Bonchev–Trinajstić information content (AvgIpc) is 3.11. The van der Waals surface area contributed by atoms with Crippen LogP contribution < -0.4 is 4.74 Å². The topological polar surface area (TPSA) is 41.2 Å². The maximum absolute atomic E-state index is 13.8. The van der Waals surface area contributed by atoms with E-state index in [0.29, 0.717) is 30.9 Å². The van der Waals surface area contributed by atoms with Crippen molar-refractivity contribution in [2.24, 2.45) is 5.92 Å². The molecule has 1 heterocycles. The van der Waals surface area contributed by atoms with Gasteiger partial charge in [0, 0.05) is 12.1 Å². The van der Waals surface area contributed by atoms with E-state index in [-0.39, 0.29) is 12.4 Å². The summed E-state index contributed by atoms with van der Waals surface area (Å²) in [7, 11) is 2.01. The summed E-state index contributed by atoms with van der Waals surface area (Å²) in [5.74, 6) is 0.205. The Morgan fingerprint density at radius 2 is 1.87 bits per heavy atom. The highest BCUT2D eigenvalue weighted by molar-refractivity contribution is 5.72. The lowest BCUT2D eigenvalue weighted by atomic mass is 9.91. The number of rotatable bonds is 11. The van der Waals surface area contributed by atoms with Gasteiger partial charge in [0.25, 0.3) is 0 Å². The fraction of sp³-hybridized carbons (Fsp3) is 0.609. The number of H-pyrrole nitrogens is 1. The molecule has 0 amide bonds. The molecule has 1 N–H and O–H groups in total. The van der Waals surface area contributed by atoms with Gasteiger partial charge in [-0.05, 0) is 62.0 Å². The number of hydrogen-bond donors (Lipinski definition) is 1. The van der Waals surface area contributed by atoms with Crippen molar-refractivity contribution < 1.29 is 17.9 Å². The molecule has 168 valence electrons. The lowest BCUT2D eigenvalue weighted by molar-refractivity contribution is -0.138. The SMILES string of the molecule is CCCCN(C)Cc1[nH]ncc1-c1cc(C(F)(F)F)c(OCCC)cc1CC(C)C. The van der Waals surface area contributed by atoms with Gasteiger partial charge in [0.15, 0.2) is 0 Å². The second-order valence-electron chi connectivity index (χ2n) is 8.30. The third-order valence-electron chi connectivity index (χ3n) is 4.93. The van der Waals surface area contributed by atoms with Crippen LogP contribution >= 0.6 is 0 Å². The zero-order valence-corrected chi connectivity index (χ0v) is 18.7. The van der Waals surface area contributed by atoms with Gasteiger partial charge in [0.05, 0.1) is 24.1 Å². The Bertz CT molecular complexity index is 799. The summed E-state index contributed by atoms with van der Waals surface area (Å²) < 4.78 is 47.0. The number of aromatic nitrogens is 2. The molecule has 1 aromatic carbocycles. The summed E-state index contributed by atoms with van der Waals surface area (Å²) >= 11 is 0. The largest absolute Gasteiger partial charge is 0.493 e. The molecule has 0 atom stereocenters. The summed E-state index contributed by atoms with van der Waals surface area (Å²) in [5, 5.41) is 7.15. The lowest BCUT2D eigenvalue weighted by Crippen LogP contribution is -2.19. The van der Waals surface area contributed by atoms with Crippen LogP contribution in [0.2, 0.25) is 0 Å². The van der Waals surface area contributed by atoms with Gasteiger partial charge >= 0.3 is 6.18 Å². The molecule has 0 saturated carbocycles. The molecule has 0 unspecified atom stereocenters. The zero-order chi connectivity index (χ0) is 22.3. The Balaban J connectivity index is 2.54. The van der Waals surface area contributed by atoms with Crippen molar-refractivity contribution in [3.8, 4) is 16.9 Å². The van der Waals surface area contributed by atoms with Crippen molar-refractivity contribution in [1.29, 1.82) is 0 Å². The number of alkyl halides is 3. The quantitative estimate of drug-likeness (QED) is 0.458. The highest BCUT2D eigenvalue weighted by Crippen LogP contribution is 2.41. The van der Waals surface area contributed by atoms with Crippen LogP contribution in [-0.2, 0) is 19.1 Å². The van der Waals surface area contributed by atoms with E-state index in [2.05, 4.69) is 35.9 Å². The molecule has 30 heavy (non-hydrogen) atoms. The van der Waals surface area contributed by atoms with E-state index in [1.165, 1.54) is 6.07 Å². The number of halogens is 3. The molecule has 0 radical (unpaired) electrons. The van der Waals surface area contributed by atoms with Crippen LogP contribution in [0.15, 0.2) is 18.3 Å². The van der Waals surface area contributed by atoms with Crippen LogP contribution in [0, 0.1) is 5.92 Å². The molecule has 0 aliphatic carbocycles. The van der Waals surface area contributed by atoms with E-state index >= 15 is 0 Å². The highest BCUT2D eigenvalue weighted by Gasteiger charge is 2.36. The molecule has 2 rings (SSSR count). The van der Waals surface area contributed by atoms with Crippen molar-refractivity contribution in [2.75, 3.05) is 20.2 Å². The number of nitrogens with one attached hydrogen (secondary N) is 1. The number of ether oxygens (including phenoxy) is 1. The van der Waals surface area contributed by atoms with Crippen LogP contribution in [-0.4, -0.2) is 35.3 Å². The van der Waals surface area contributed by atoms with E-state index in [0.717, 1.165) is 36.2 Å². The third-order valence-corrected chi connectivity index (χ3v) is 4.93. The highest BCUT2D eigenvalue weighted by atomic mass is 19.4. The van der Waals surface area contributed by atoms with Gasteiger partial charge in [0.2, 0.25) is 0 Å². The molecule has 4 nitrogen and oxygen atoms in total. The number of benzene rings is 1. The monoisotopic (exact) mass is 425 g/mol. The van der Waals surface area contributed by atoms with Crippen molar-refractivity contribution >= 4 is 0 Å². The normalized spacial score (nSPS) is 12.2. The smallest absolute Gasteiger partial charge is 0.419 e. The first-order chi connectivity index (χ1) is 14.2. The molecular formula is C23H34F3N3O. The van der Waals surface area contributed by atoms with Crippen LogP contribution in [0.3, 0.4) is 0 Å². The molecule has 0 bridgehead atoms. The van der Waals surface area contributed by atoms with E-state index in [9.17, 15) is 13.2 Å². The maximum atomic E-state index is 13.8. The van der Waals surface area contributed by atoms with E-state index in [1.54, 1.807) is 12.3 Å².